The molecule has 0 bridgehead atoms. The molecule has 0 fully saturated rings. The average molecular weight is 430 g/mol. The van der Waals surface area contributed by atoms with Crippen molar-refractivity contribution in [3.63, 3.8) is 0 Å². The van der Waals surface area contributed by atoms with E-state index in [1.54, 1.807) is 48.7 Å². The maximum atomic E-state index is 12.1. The molecule has 2 N–H and O–H groups in total. The number of halogens is 2. The number of pyridine rings is 1. The van der Waals surface area contributed by atoms with Crippen LogP contribution in [0.3, 0.4) is 0 Å². The van der Waals surface area contributed by atoms with E-state index in [4.69, 9.17) is 27.9 Å². The summed E-state index contributed by atoms with van der Waals surface area (Å²) in [5.74, 6) is -0.137. The van der Waals surface area contributed by atoms with Crippen molar-refractivity contribution >= 4 is 40.7 Å². The summed E-state index contributed by atoms with van der Waals surface area (Å²) in [6.45, 7) is 0.161. The molecule has 6 nitrogen and oxygen atoms in total. The van der Waals surface area contributed by atoms with E-state index in [-0.39, 0.29) is 18.4 Å². The molecule has 1 aromatic heterocycles. The number of hydrogen-bond donors (Lipinski definition) is 2. The zero-order valence-electron chi connectivity index (χ0n) is 15.2. The summed E-state index contributed by atoms with van der Waals surface area (Å²) in [7, 11) is 0. The molecular formula is C21H17Cl2N3O3. The Morgan fingerprint density at radius 2 is 1.83 bits per heavy atom. The third kappa shape index (κ3) is 6.20. The number of rotatable bonds is 7. The first-order valence-corrected chi connectivity index (χ1v) is 9.42. The second-order valence-electron chi connectivity index (χ2n) is 6.03. The fourth-order valence-electron chi connectivity index (χ4n) is 2.39. The lowest BCUT2D eigenvalue weighted by atomic mass is 10.2. The highest BCUT2D eigenvalue weighted by Gasteiger charge is 2.08. The minimum absolute atomic E-state index is 0.166. The largest absolute Gasteiger partial charge is 0.482 e. The number of ether oxygens (including phenoxy) is 1. The van der Waals surface area contributed by atoms with Gasteiger partial charge in [0.05, 0.1) is 10.6 Å². The second-order valence-corrected chi connectivity index (χ2v) is 6.88. The molecular weight excluding hydrogens is 413 g/mol. The molecule has 3 rings (SSSR count). The van der Waals surface area contributed by atoms with E-state index in [1.165, 1.54) is 6.20 Å². The number of benzene rings is 2. The Morgan fingerprint density at radius 3 is 2.52 bits per heavy atom. The SMILES string of the molecule is O=C(COc1ccc(Cl)cc1Cl)NCc1ccc(NC(=O)c2cccnc2)cc1. The van der Waals surface area contributed by atoms with Gasteiger partial charge in [0.1, 0.15) is 5.75 Å². The predicted molar refractivity (Wildman–Crippen MR) is 112 cm³/mol. The smallest absolute Gasteiger partial charge is 0.258 e. The van der Waals surface area contributed by atoms with Crippen LogP contribution in [0.25, 0.3) is 0 Å². The van der Waals surface area contributed by atoms with Crippen LogP contribution in [0.1, 0.15) is 15.9 Å². The number of hydrogen-bond acceptors (Lipinski definition) is 4. The quantitative estimate of drug-likeness (QED) is 0.585. The number of carbonyl (C=O) groups excluding carboxylic acids is 2. The highest BCUT2D eigenvalue weighted by Crippen LogP contribution is 2.27. The molecule has 3 aromatic rings. The third-order valence-electron chi connectivity index (χ3n) is 3.88. The lowest BCUT2D eigenvalue weighted by Gasteiger charge is -2.10. The van der Waals surface area contributed by atoms with Gasteiger partial charge in [-0.1, -0.05) is 35.3 Å². The first-order chi connectivity index (χ1) is 14.0. The Labute approximate surface area is 177 Å². The van der Waals surface area contributed by atoms with Gasteiger partial charge in [-0.2, -0.15) is 0 Å². The van der Waals surface area contributed by atoms with Gasteiger partial charge >= 0.3 is 0 Å². The van der Waals surface area contributed by atoms with Crippen molar-refractivity contribution in [3.05, 3.63) is 88.2 Å². The molecule has 0 aliphatic heterocycles. The van der Waals surface area contributed by atoms with Crippen LogP contribution in [0.4, 0.5) is 5.69 Å². The van der Waals surface area contributed by atoms with Crippen molar-refractivity contribution in [2.24, 2.45) is 0 Å². The highest BCUT2D eigenvalue weighted by atomic mass is 35.5. The summed E-state index contributed by atoms with van der Waals surface area (Å²) in [6, 6.07) is 15.3. The van der Waals surface area contributed by atoms with Gasteiger partial charge in [0, 0.05) is 29.6 Å². The van der Waals surface area contributed by atoms with Gasteiger partial charge in [-0.15, -0.1) is 0 Å². The van der Waals surface area contributed by atoms with Crippen molar-refractivity contribution in [3.8, 4) is 5.75 Å². The molecule has 0 saturated heterocycles. The zero-order chi connectivity index (χ0) is 20.6. The van der Waals surface area contributed by atoms with Crippen molar-refractivity contribution in [1.29, 1.82) is 0 Å². The molecule has 0 saturated carbocycles. The normalized spacial score (nSPS) is 10.3. The number of nitrogens with one attached hydrogen (secondary N) is 2. The van der Waals surface area contributed by atoms with Gasteiger partial charge < -0.3 is 15.4 Å². The van der Waals surface area contributed by atoms with E-state index in [2.05, 4.69) is 15.6 Å². The molecule has 0 unspecified atom stereocenters. The summed E-state index contributed by atoms with van der Waals surface area (Å²) in [5.41, 5.74) is 2.00. The van der Waals surface area contributed by atoms with E-state index >= 15 is 0 Å². The van der Waals surface area contributed by atoms with E-state index in [0.717, 1.165) is 5.56 Å². The molecule has 2 aromatic carbocycles. The summed E-state index contributed by atoms with van der Waals surface area (Å²) >= 11 is 11.8. The van der Waals surface area contributed by atoms with Gasteiger partial charge in [0.25, 0.3) is 11.8 Å². The fraction of sp³-hybridized carbons (Fsp3) is 0.0952. The van der Waals surface area contributed by atoms with E-state index in [1.807, 2.05) is 12.1 Å². The molecule has 0 aliphatic rings. The summed E-state index contributed by atoms with van der Waals surface area (Å²) < 4.78 is 5.39. The maximum Gasteiger partial charge on any atom is 0.258 e. The van der Waals surface area contributed by atoms with Crippen molar-refractivity contribution in [2.75, 3.05) is 11.9 Å². The molecule has 0 spiro atoms. The fourth-order valence-corrected chi connectivity index (χ4v) is 2.86. The van der Waals surface area contributed by atoms with Crippen molar-refractivity contribution in [2.45, 2.75) is 6.54 Å². The number of nitrogens with zero attached hydrogens (tertiary/aromatic N) is 1. The molecule has 1 heterocycles. The molecule has 0 atom stereocenters. The number of aromatic nitrogens is 1. The van der Waals surface area contributed by atoms with Crippen molar-refractivity contribution in [1.82, 2.24) is 10.3 Å². The standard InChI is InChI=1S/C21H17Cl2N3O3/c22-16-5-8-19(18(23)10-16)29-13-20(27)25-11-14-3-6-17(7-4-14)26-21(28)15-2-1-9-24-12-15/h1-10,12H,11,13H2,(H,25,27)(H,26,28). The number of amides is 2. The van der Waals surface area contributed by atoms with Crippen LogP contribution in [0, 0.1) is 0 Å². The van der Waals surface area contributed by atoms with Crippen LogP contribution in [-0.4, -0.2) is 23.4 Å². The monoisotopic (exact) mass is 429 g/mol. The van der Waals surface area contributed by atoms with E-state index < -0.39 is 0 Å². The van der Waals surface area contributed by atoms with Gasteiger partial charge in [-0.25, -0.2) is 0 Å². The Morgan fingerprint density at radius 1 is 1.03 bits per heavy atom. The zero-order valence-corrected chi connectivity index (χ0v) is 16.7. The van der Waals surface area contributed by atoms with Crippen LogP contribution in [0.2, 0.25) is 10.0 Å². The first-order valence-electron chi connectivity index (χ1n) is 8.66. The molecule has 29 heavy (non-hydrogen) atoms. The van der Waals surface area contributed by atoms with Crippen LogP contribution in [0.5, 0.6) is 5.75 Å². The van der Waals surface area contributed by atoms with Gasteiger partial charge in [-0.3, -0.25) is 14.6 Å². The second kappa shape index (κ2) is 9.91. The van der Waals surface area contributed by atoms with Crippen LogP contribution in [0.15, 0.2) is 67.0 Å². The lowest BCUT2D eigenvalue weighted by molar-refractivity contribution is -0.123. The maximum absolute atomic E-state index is 12.1. The third-order valence-corrected chi connectivity index (χ3v) is 4.41. The minimum Gasteiger partial charge on any atom is -0.482 e. The molecule has 0 radical (unpaired) electrons. The first kappa shape index (κ1) is 20.6. The van der Waals surface area contributed by atoms with E-state index in [9.17, 15) is 9.59 Å². The predicted octanol–water partition coefficient (Wildman–Crippen LogP) is 4.34. The molecule has 0 aliphatic carbocycles. The summed E-state index contributed by atoms with van der Waals surface area (Å²) in [6.07, 6.45) is 3.10. The lowest BCUT2D eigenvalue weighted by Crippen LogP contribution is -2.28. The van der Waals surface area contributed by atoms with Crippen LogP contribution < -0.4 is 15.4 Å². The summed E-state index contributed by atoms with van der Waals surface area (Å²) in [5, 5.41) is 6.38. The van der Waals surface area contributed by atoms with Gasteiger partial charge in [-0.05, 0) is 48.0 Å². The molecule has 148 valence electrons. The Bertz CT molecular complexity index is 996. The topological polar surface area (TPSA) is 80.3 Å². The molecule has 8 heteroatoms. The van der Waals surface area contributed by atoms with Crippen LogP contribution >= 0.6 is 23.2 Å². The average Bonchev–Trinajstić information content (AvgIpc) is 2.73. The van der Waals surface area contributed by atoms with Crippen molar-refractivity contribution < 1.29 is 14.3 Å². The molecule has 2 amide bonds. The van der Waals surface area contributed by atoms with Gasteiger partial charge in [0.2, 0.25) is 0 Å². The Hall–Kier alpha value is -3.09. The Kier molecular flexibility index (Phi) is 7.05. The minimum atomic E-state index is -0.287. The van der Waals surface area contributed by atoms with E-state index in [0.29, 0.717) is 33.6 Å². The number of anilines is 1. The Balaban J connectivity index is 1.46. The summed E-state index contributed by atoms with van der Waals surface area (Å²) in [4.78, 5) is 28.0. The van der Waals surface area contributed by atoms with Gasteiger partial charge in [0.15, 0.2) is 6.61 Å². The number of carbonyl (C=O) groups is 2. The highest BCUT2D eigenvalue weighted by molar-refractivity contribution is 6.35. The van der Waals surface area contributed by atoms with Crippen LogP contribution in [-0.2, 0) is 11.3 Å².